The van der Waals surface area contributed by atoms with Crippen LogP contribution < -0.4 is 6.15 Å². The maximum absolute atomic E-state index is 11.4. The van der Waals surface area contributed by atoms with E-state index < -0.39 is 0 Å². The van der Waals surface area contributed by atoms with Gasteiger partial charge in [-0.2, -0.15) is 0 Å². The number of hydrogen-bond acceptors (Lipinski definition) is 3. The predicted octanol–water partition coefficient (Wildman–Crippen LogP) is 3.46. The van der Waals surface area contributed by atoms with Crippen LogP contribution in [0.1, 0.15) is 30.1 Å². The minimum atomic E-state index is -0.305. The van der Waals surface area contributed by atoms with Crippen molar-refractivity contribution in [3.05, 3.63) is 34.9 Å². The number of benzene rings is 1. The molecule has 4 heteroatoms. The quantitative estimate of drug-likeness (QED) is 0.635. The summed E-state index contributed by atoms with van der Waals surface area (Å²) >= 11 is 5.74. The Balaban J connectivity index is 0.00000196. The number of carbonyl (C=O) groups excluding carboxylic acids is 1. The van der Waals surface area contributed by atoms with Gasteiger partial charge in [-0.05, 0) is 24.6 Å². The van der Waals surface area contributed by atoms with Crippen molar-refractivity contribution in [2.24, 2.45) is 0 Å². The summed E-state index contributed by atoms with van der Waals surface area (Å²) in [6.45, 7) is 2.52. The molecule has 0 bridgehead atoms. The zero-order chi connectivity index (χ0) is 10.4. The zero-order valence-corrected chi connectivity index (χ0v) is 9.59. The van der Waals surface area contributed by atoms with E-state index in [1.807, 2.05) is 6.92 Å². The van der Waals surface area contributed by atoms with Crippen molar-refractivity contribution in [2.75, 3.05) is 6.61 Å². The van der Waals surface area contributed by atoms with Gasteiger partial charge in [0.1, 0.15) is 0 Å². The lowest BCUT2D eigenvalue weighted by molar-refractivity contribution is 0.0500. The smallest absolute Gasteiger partial charge is 0.338 e. The maximum Gasteiger partial charge on any atom is 0.338 e. The molecule has 1 rings (SSSR count). The molecule has 0 saturated heterocycles. The second-order valence-electron chi connectivity index (χ2n) is 3.00. The van der Waals surface area contributed by atoms with Crippen molar-refractivity contribution in [1.29, 1.82) is 0 Å². The Morgan fingerprint density at radius 2 is 2.20 bits per heavy atom. The molecule has 0 radical (unpaired) electrons. The maximum atomic E-state index is 11.4. The molecule has 0 fully saturated rings. The lowest BCUT2D eigenvalue weighted by Gasteiger charge is -2.03. The second-order valence-corrected chi connectivity index (χ2v) is 3.44. The van der Waals surface area contributed by atoms with Gasteiger partial charge in [0.2, 0.25) is 0 Å². The second kappa shape index (κ2) is 7.26. The van der Waals surface area contributed by atoms with Crippen LogP contribution in [0, 0.1) is 0 Å². The Bertz CT molecular complexity index is 315. The van der Waals surface area contributed by atoms with Crippen molar-refractivity contribution in [2.45, 2.75) is 19.8 Å². The van der Waals surface area contributed by atoms with Crippen LogP contribution in [0.3, 0.4) is 0 Å². The molecular formula is C11H16ClNO2. The fourth-order valence-corrected chi connectivity index (χ4v) is 1.20. The van der Waals surface area contributed by atoms with Gasteiger partial charge in [-0.25, -0.2) is 4.79 Å². The molecule has 0 saturated carbocycles. The number of esters is 1. The van der Waals surface area contributed by atoms with E-state index in [0.29, 0.717) is 17.2 Å². The van der Waals surface area contributed by atoms with Gasteiger partial charge in [-0.1, -0.05) is 31.0 Å². The zero-order valence-electron chi connectivity index (χ0n) is 8.83. The molecule has 0 atom stereocenters. The van der Waals surface area contributed by atoms with Crippen LogP contribution >= 0.6 is 11.6 Å². The summed E-state index contributed by atoms with van der Waals surface area (Å²) in [5, 5.41) is 0.551. The minimum absolute atomic E-state index is 0. The molecule has 3 nitrogen and oxygen atoms in total. The lowest BCUT2D eigenvalue weighted by atomic mass is 10.2. The summed E-state index contributed by atoms with van der Waals surface area (Å²) in [4.78, 5) is 11.4. The van der Waals surface area contributed by atoms with Crippen molar-refractivity contribution in [1.82, 2.24) is 6.15 Å². The fraction of sp³-hybridized carbons (Fsp3) is 0.364. The average molecular weight is 230 g/mol. The van der Waals surface area contributed by atoms with Gasteiger partial charge in [0.15, 0.2) is 0 Å². The van der Waals surface area contributed by atoms with Crippen LogP contribution in [-0.2, 0) is 4.74 Å². The predicted molar refractivity (Wildman–Crippen MR) is 61.7 cm³/mol. The topological polar surface area (TPSA) is 61.3 Å². The normalized spacial score (nSPS) is 9.20. The van der Waals surface area contributed by atoms with Gasteiger partial charge in [0.05, 0.1) is 12.2 Å². The molecule has 1 aromatic rings. The first-order valence-electron chi connectivity index (χ1n) is 4.66. The van der Waals surface area contributed by atoms with Crippen LogP contribution in [0.5, 0.6) is 0 Å². The Kier molecular flexibility index (Phi) is 6.75. The molecule has 0 amide bonds. The Labute approximate surface area is 95.0 Å². The number of unbranched alkanes of at least 4 members (excludes halogenated alkanes) is 1. The molecule has 15 heavy (non-hydrogen) atoms. The van der Waals surface area contributed by atoms with E-state index in [1.165, 1.54) is 0 Å². The summed E-state index contributed by atoms with van der Waals surface area (Å²) in [5.74, 6) is -0.305. The molecule has 0 heterocycles. The molecule has 0 unspecified atom stereocenters. The molecule has 84 valence electrons. The first kappa shape index (κ1) is 13.9. The minimum Gasteiger partial charge on any atom is -0.462 e. The lowest BCUT2D eigenvalue weighted by Crippen LogP contribution is -2.05. The summed E-state index contributed by atoms with van der Waals surface area (Å²) in [7, 11) is 0. The molecular weight excluding hydrogens is 214 g/mol. The van der Waals surface area contributed by atoms with E-state index in [1.54, 1.807) is 24.3 Å². The van der Waals surface area contributed by atoms with Crippen LogP contribution in [0.4, 0.5) is 0 Å². The molecule has 1 aromatic carbocycles. The summed E-state index contributed by atoms with van der Waals surface area (Å²) in [6.07, 6.45) is 1.91. The molecule has 3 N–H and O–H groups in total. The monoisotopic (exact) mass is 229 g/mol. The standard InChI is InChI=1S/C11H13ClO2.H3N/c1-2-3-7-14-11(13)9-5-4-6-10(12)8-9;/h4-6,8H,2-3,7H2,1H3;1H3. The summed E-state index contributed by atoms with van der Waals surface area (Å²) < 4.78 is 5.03. The van der Waals surface area contributed by atoms with Gasteiger partial charge in [-0.15, -0.1) is 0 Å². The number of hydrogen-bond donors (Lipinski definition) is 1. The third-order valence-electron chi connectivity index (χ3n) is 1.79. The van der Waals surface area contributed by atoms with E-state index in [2.05, 4.69) is 0 Å². The van der Waals surface area contributed by atoms with Crippen LogP contribution in [0.2, 0.25) is 5.02 Å². The molecule has 0 aliphatic heterocycles. The van der Waals surface area contributed by atoms with Crippen molar-refractivity contribution in [3.8, 4) is 0 Å². The highest BCUT2D eigenvalue weighted by Crippen LogP contribution is 2.11. The fourth-order valence-electron chi connectivity index (χ4n) is 1.01. The Hall–Kier alpha value is -1.06. The Morgan fingerprint density at radius 1 is 1.47 bits per heavy atom. The molecule has 0 aliphatic rings. The highest BCUT2D eigenvalue weighted by Gasteiger charge is 2.06. The molecule has 0 aromatic heterocycles. The van der Waals surface area contributed by atoms with E-state index in [4.69, 9.17) is 16.3 Å². The van der Waals surface area contributed by atoms with Crippen LogP contribution in [-0.4, -0.2) is 12.6 Å². The van der Waals surface area contributed by atoms with Crippen molar-refractivity contribution >= 4 is 17.6 Å². The molecule has 0 aliphatic carbocycles. The van der Waals surface area contributed by atoms with Gasteiger partial charge in [-0.3, -0.25) is 0 Å². The van der Waals surface area contributed by atoms with Gasteiger partial charge < -0.3 is 10.9 Å². The Morgan fingerprint density at radius 3 is 2.80 bits per heavy atom. The van der Waals surface area contributed by atoms with Crippen LogP contribution in [0.15, 0.2) is 24.3 Å². The number of halogens is 1. The molecule has 0 spiro atoms. The van der Waals surface area contributed by atoms with Crippen molar-refractivity contribution in [3.63, 3.8) is 0 Å². The van der Waals surface area contributed by atoms with E-state index in [0.717, 1.165) is 12.8 Å². The number of rotatable bonds is 4. The number of carbonyl (C=O) groups is 1. The highest BCUT2D eigenvalue weighted by molar-refractivity contribution is 6.30. The summed E-state index contributed by atoms with van der Waals surface area (Å²) in [6, 6.07) is 6.76. The van der Waals surface area contributed by atoms with Crippen LogP contribution in [0.25, 0.3) is 0 Å². The van der Waals surface area contributed by atoms with Gasteiger partial charge >= 0.3 is 5.97 Å². The highest BCUT2D eigenvalue weighted by atomic mass is 35.5. The first-order chi connectivity index (χ1) is 6.74. The number of ether oxygens (including phenoxy) is 1. The third-order valence-corrected chi connectivity index (χ3v) is 2.03. The largest absolute Gasteiger partial charge is 0.462 e. The van der Waals surface area contributed by atoms with Crippen molar-refractivity contribution < 1.29 is 9.53 Å². The average Bonchev–Trinajstić information content (AvgIpc) is 2.18. The van der Waals surface area contributed by atoms with Gasteiger partial charge in [0.25, 0.3) is 0 Å². The SMILES string of the molecule is CCCCOC(=O)c1cccc(Cl)c1.N. The van der Waals surface area contributed by atoms with E-state index in [9.17, 15) is 4.79 Å². The summed E-state index contributed by atoms with van der Waals surface area (Å²) in [5.41, 5.74) is 0.508. The first-order valence-corrected chi connectivity index (χ1v) is 5.04. The van der Waals surface area contributed by atoms with E-state index in [-0.39, 0.29) is 12.1 Å². The third kappa shape index (κ3) is 4.81. The van der Waals surface area contributed by atoms with Gasteiger partial charge in [0, 0.05) is 5.02 Å². The van der Waals surface area contributed by atoms with E-state index >= 15 is 0 Å².